The van der Waals surface area contributed by atoms with Crippen LogP contribution in [0.1, 0.15) is 27.7 Å². The molecule has 0 bridgehead atoms. The Morgan fingerprint density at radius 2 is 1.78 bits per heavy atom. The van der Waals surface area contributed by atoms with Crippen LogP contribution in [-0.2, 0) is 4.79 Å². The third-order valence-corrected chi connectivity index (χ3v) is 3.44. The fourth-order valence-corrected chi connectivity index (χ4v) is 2.30. The van der Waals surface area contributed by atoms with Gasteiger partial charge in [-0.15, -0.1) is 0 Å². The van der Waals surface area contributed by atoms with Crippen LogP contribution in [0.4, 0.5) is 5.69 Å². The topological polar surface area (TPSA) is 84.7 Å². The minimum atomic E-state index is -0.480. The maximum absolute atomic E-state index is 11.7. The number of benzene rings is 1. The molecule has 128 valence electrons. The molecule has 1 amide bonds. The molecular formula is C16H25N3O4. The summed E-state index contributed by atoms with van der Waals surface area (Å²) in [6.45, 7) is 9.72. The van der Waals surface area contributed by atoms with Crippen molar-refractivity contribution in [2.45, 2.75) is 39.8 Å². The number of nitrogens with zero attached hydrogens (tertiary/aromatic N) is 2. The molecule has 0 fully saturated rings. The largest absolute Gasteiger partial charge is 0.484 e. The summed E-state index contributed by atoms with van der Waals surface area (Å²) >= 11 is 0. The molecule has 1 aromatic rings. The molecule has 1 rings (SSSR count). The lowest BCUT2D eigenvalue weighted by molar-refractivity contribution is -0.384. The van der Waals surface area contributed by atoms with E-state index in [1.54, 1.807) is 0 Å². The maximum Gasteiger partial charge on any atom is 0.269 e. The molecule has 23 heavy (non-hydrogen) atoms. The first kappa shape index (κ1) is 18.9. The molecule has 0 aliphatic heterocycles. The standard InChI is InChI=1S/C16H25N3O4/c1-12(2)18(13(3)4)10-9-17-16(20)11-23-15-7-5-14(6-8-15)19(21)22/h5-8,12-13H,9-11H2,1-4H3,(H,17,20). The Morgan fingerprint density at radius 1 is 1.22 bits per heavy atom. The van der Waals surface area contributed by atoms with Crippen LogP contribution < -0.4 is 10.1 Å². The molecule has 0 aliphatic rings. The Labute approximate surface area is 136 Å². The first-order valence-electron chi connectivity index (χ1n) is 7.71. The van der Waals surface area contributed by atoms with Crippen molar-refractivity contribution in [3.63, 3.8) is 0 Å². The Kier molecular flexibility index (Phi) is 7.47. The van der Waals surface area contributed by atoms with E-state index in [1.165, 1.54) is 24.3 Å². The molecule has 0 heterocycles. The summed E-state index contributed by atoms with van der Waals surface area (Å²) in [5.74, 6) is 0.215. The van der Waals surface area contributed by atoms with Crippen LogP contribution in [0.5, 0.6) is 5.75 Å². The molecule has 0 spiro atoms. The highest BCUT2D eigenvalue weighted by atomic mass is 16.6. The predicted octanol–water partition coefficient (Wildman–Crippen LogP) is 2.21. The van der Waals surface area contributed by atoms with E-state index in [1.807, 2.05) is 0 Å². The van der Waals surface area contributed by atoms with E-state index in [0.717, 1.165) is 6.54 Å². The molecule has 0 radical (unpaired) electrons. The minimum absolute atomic E-state index is 0.00994. The van der Waals surface area contributed by atoms with Crippen molar-refractivity contribution in [1.82, 2.24) is 10.2 Å². The molecule has 0 atom stereocenters. The van der Waals surface area contributed by atoms with Crippen LogP contribution in [0.25, 0.3) is 0 Å². The highest BCUT2D eigenvalue weighted by molar-refractivity contribution is 5.77. The average molecular weight is 323 g/mol. The van der Waals surface area contributed by atoms with Crippen molar-refractivity contribution in [3.05, 3.63) is 34.4 Å². The van der Waals surface area contributed by atoms with Gasteiger partial charge in [0.25, 0.3) is 11.6 Å². The lowest BCUT2D eigenvalue weighted by atomic mass is 10.2. The Balaban J connectivity index is 2.33. The zero-order chi connectivity index (χ0) is 17.4. The number of rotatable bonds is 9. The molecule has 7 heteroatoms. The Bertz CT molecular complexity index is 507. The third-order valence-electron chi connectivity index (χ3n) is 3.44. The second-order valence-electron chi connectivity index (χ2n) is 5.81. The van der Waals surface area contributed by atoms with E-state index < -0.39 is 4.92 Å². The molecule has 0 saturated carbocycles. The van der Waals surface area contributed by atoms with Gasteiger partial charge >= 0.3 is 0 Å². The number of amides is 1. The van der Waals surface area contributed by atoms with Gasteiger partial charge in [0.05, 0.1) is 4.92 Å². The van der Waals surface area contributed by atoms with E-state index in [4.69, 9.17) is 4.74 Å². The van der Waals surface area contributed by atoms with Crippen LogP contribution in [0.3, 0.4) is 0 Å². The second-order valence-corrected chi connectivity index (χ2v) is 5.81. The number of nitro benzene ring substituents is 1. The minimum Gasteiger partial charge on any atom is -0.484 e. The molecule has 0 saturated heterocycles. The van der Waals surface area contributed by atoms with Crippen molar-refractivity contribution in [1.29, 1.82) is 0 Å². The van der Waals surface area contributed by atoms with Gasteiger partial charge in [-0.2, -0.15) is 0 Å². The van der Waals surface area contributed by atoms with Gasteiger partial charge in [0.2, 0.25) is 0 Å². The number of carbonyl (C=O) groups is 1. The monoisotopic (exact) mass is 323 g/mol. The fourth-order valence-electron chi connectivity index (χ4n) is 2.30. The SMILES string of the molecule is CC(C)N(CCNC(=O)COc1ccc([N+](=O)[O-])cc1)C(C)C. The Morgan fingerprint density at radius 3 is 2.26 bits per heavy atom. The van der Waals surface area contributed by atoms with Gasteiger partial charge in [-0.3, -0.25) is 19.8 Å². The van der Waals surface area contributed by atoms with Crippen molar-refractivity contribution in [2.24, 2.45) is 0 Å². The van der Waals surface area contributed by atoms with Crippen molar-refractivity contribution < 1.29 is 14.5 Å². The summed E-state index contributed by atoms with van der Waals surface area (Å²) in [6, 6.07) is 6.48. The molecule has 7 nitrogen and oxygen atoms in total. The highest BCUT2D eigenvalue weighted by Gasteiger charge is 2.13. The number of nitro groups is 1. The number of hydrogen-bond acceptors (Lipinski definition) is 5. The summed E-state index contributed by atoms with van der Waals surface area (Å²) in [5, 5.41) is 13.4. The Hall–Kier alpha value is -2.15. The van der Waals surface area contributed by atoms with Crippen LogP contribution >= 0.6 is 0 Å². The molecular weight excluding hydrogens is 298 g/mol. The van der Waals surface area contributed by atoms with Crippen LogP contribution in [0.2, 0.25) is 0 Å². The van der Waals surface area contributed by atoms with Crippen molar-refractivity contribution >= 4 is 11.6 Å². The van der Waals surface area contributed by atoms with Crippen molar-refractivity contribution in [3.8, 4) is 5.75 Å². The van der Waals surface area contributed by atoms with E-state index in [2.05, 4.69) is 37.9 Å². The number of non-ortho nitro benzene ring substituents is 1. The van der Waals surface area contributed by atoms with E-state index >= 15 is 0 Å². The summed E-state index contributed by atoms with van der Waals surface area (Å²) in [6.07, 6.45) is 0. The van der Waals surface area contributed by atoms with Crippen molar-refractivity contribution in [2.75, 3.05) is 19.7 Å². The predicted molar refractivity (Wildman–Crippen MR) is 88.6 cm³/mol. The maximum atomic E-state index is 11.7. The molecule has 0 aliphatic carbocycles. The normalized spacial score (nSPS) is 11.1. The van der Waals surface area contributed by atoms with Gasteiger partial charge in [-0.1, -0.05) is 0 Å². The van der Waals surface area contributed by atoms with E-state index in [0.29, 0.717) is 24.4 Å². The van der Waals surface area contributed by atoms with Gasteiger partial charge in [0, 0.05) is 37.3 Å². The van der Waals surface area contributed by atoms with E-state index in [9.17, 15) is 14.9 Å². The zero-order valence-corrected chi connectivity index (χ0v) is 14.1. The summed E-state index contributed by atoms with van der Waals surface area (Å²) in [5.41, 5.74) is -0.00994. The third kappa shape index (κ3) is 6.65. The van der Waals surface area contributed by atoms with Gasteiger partial charge in [0.1, 0.15) is 5.75 Å². The van der Waals surface area contributed by atoms with Crippen LogP contribution in [0, 0.1) is 10.1 Å². The first-order valence-corrected chi connectivity index (χ1v) is 7.71. The number of nitrogens with one attached hydrogen (secondary N) is 1. The molecule has 0 unspecified atom stereocenters. The van der Waals surface area contributed by atoms with E-state index in [-0.39, 0.29) is 18.2 Å². The summed E-state index contributed by atoms with van der Waals surface area (Å²) in [7, 11) is 0. The quantitative estimate of drug-likeness (QED) is 0.556. The van der Waals surface area contributed by atoms with Crippen LogP contribution in [-0.4, -0.2) is 47.5 Å². The van der Waals surface area contributed by atoms with Gasteiger partial charge in [0.15, 0.2) is 6.61 Å². The first-order chi connectivity index (χ1) is 10.8. The summed E-state index contributed by atoms with van der Waals surface area (Å²) in [4.78, 5) is 24.1. The lowest BCUT2D eigenvalue weighted by Crippen LogP contribution is -2.43. The number of ether oxygens (including phenoxy) is 1. The van der Waals surface area contributed by atoms with Gasteiger partial charge in [-0.05, 0) is 39.8 Å². The molecule has 1 aromatic carbocycles. The smallest absolute Gasteiger partial charge is 0.269 e. The number of carbonyl (C=O) groups excluding carboxylic acids is 1. The number of hydrogen-bond donors (Lipinski definition) is 1. The van der Waals surface area contributed by atoms with Crippen LogP contribution in [0.15, 0.2) is 24.3 Å². The van der Waals surface area contributed by atoms with Gasteiger partial charge in [-0.25, -0.2) is 0 Å². The summed E-state index contributed by atoms with van der Waals surface area (Å²) < 4.78 is 5.31. The zero-order valence-electron chi connectivity index (χ0n) is 14.1. The average Bonchev–Trinajstić information content (AvgIpc) is 2.49. The molecule has 1 N–H and O–H groups in total. The second kappa shape index (κ2) is 9.09. The van der Waals surface area contributed by atoms with Gasteiger partial charge < -0.3 is 10.1 Å². The fraction of sp³-hybridized carbons (Fsp3) is 0.562. The lowest BCUT2D eigenvalue weighted by Gasteiger charge is -2.30. The molecule has 0 aromatic heterocycles. The highest BCUT2D eigenvalue weighted by Crippen LogP contribution is 2.17.